The lowest BCUT2D eigenvalue weighted by atomic mass is 9.90. The molecule has 0 aliphatic carbocycles. The Morgan fingerprint density at radius 1 is 1.39 bits per heavy atom. The van der Waals surface area contributed by atoms with Crippen LogP contribution in [0.4, 0.5) is 4.39 Å². The highest BCUT2D eigenvalue weighted by Gasteiger charge is 2.39. The van der Waals surface area contributed by atoms with E-state index in [1.807, 2.05) is 13.0 Å². The summed E-state index contributed by atoms with van der Waals surface area (Å²) in [4.78, 5) is 0. The Balaban J connectivity index is 2.50. The van der Waals surface area contributed by atoms with Crippen molar-refractivity contribution in [2.75, 3.05) is 6.61 Å². The zero-order chi connectivity index (χ0) is 13.6. The summed E-state index contributed by atoms with van der Waals surface area (Å²) in [6, 6.07) is 3.42. The van der Waals surface area contributed by atoms with Gasteiger partial charge in [-0.05, 0) is 44.3 Å². The van der Waals surface area contributed by atoms with Crippen LogP contribution in [0.25, 0.3) is 0 Å². The van der Waals surface area contributed by atoms with Crippen LogP contribution in [-0.4, -0.2) is 14.9 Å². The SMILES string of the molecule is CC1(O[Si](C)(C)C)COCc2c(F)cc(Br)cc21. The van der Waals surface area contributed by atoms with Gasteiger partial charge in [0.1, 0.15) is 11.4 Å². The third-order valence-corrected chi connectivity index (χ3v) is 4.41. The van der Waals surface area contributed by atoms with Crippen LogP contribution in [0.15, 0.2) is 16.6 Å². The standard InChI is InChI=1S/C13H18BrFO2Si/c1-13(17-18(2,3)4)8-16-7-10-11(13)5-9(14)6-12(10)15/h5-6H,7-8H2,1-4H3. The summed E-state index contributed by atoms with van der Waals surface area (Å²) in [5.74, 6) is -0.232. The fourth-order valence-corrected chi connectivity index (χ4v) is 4.36. The number of rotatable bonds is 2. The third kappa shape index (κ3) is 2.84. The van der Waals surface area contributed by atoms with E-state index in [1.54, 1.807) is 0 Å². The molecule has 1 atom stereocenters. The lowest BCUT2D eigenvalue weighted by Crippen LogP contribution is -2.44. The molecule has 1 heterocycles. The van der Waals surface area contributed by atoms with Crippen LogP contribution in [0.2, 0.25) is 19.6 Å². The van der Waals surface area contributed by atoms with Gasteiger partial charge in [0.2, 0.25) is 0 Å². The van der Waals surface area contributed by atoms with E-state index in [2.05, 4.69) is 35.6 Å². The molecule has 1 aromatic carbocycles. The van der Waals surface area contributed by atoms with Gasteiger partial charge in [-0.25, -0.2) is 4.39 Å². The summed E-state index contributed by atoms with van der Waals surface area (Å²) in [6.45, 7) is 9.15. The third-order valence-electron chi connectivity index (χ3n) is 2.89. The minimum atomic E-state index is -1.74. The first kappa shape index (κ1) is 14.2. The maximum Gasteiger partial charge on any atom is 0.185 e. The number of halogens is 2. The zero-order valence-corrected chi connectivity index (χ0v) is 13.7. The maximum atomic E-state index is 14.0. The molecule has 0 saturated heterocycles. The van der Waals surface area contributed by atoms with Gasteiger partial charge in [-0.3, -0.25) is 0 Å². The highest BCUT2D eigenvalue weighted by atomic mass is 79.9. The Labute approximate surface area is 117 Å². The van der Waals surface area contributed by atoms with Crippen LogP contribution in [0.3, 0.4) is 0 Å². The molecule has 0 aromatic heterocycles. The van der Waals surface area contributed by atoms with E-state index in [1.165, 1.54) is 6.07 Å². The highest BCUT2D eigenvalue weighted by molar-refractivity contribution is 9.10. The van der Waals surface area contributed by atoms with Crippen molar-refractivity contribution in [2.24, 2.45) is 0 Å². The van der Waals surface area contributed by atoms with Gasteiger partial charge in [0, 0.05) is 10.0 Å². The molecular weight excluding hydrogens is 315 g/mol. The Bertz CT molecular complexity index is 473. The van der Waals surface area contributed by atoms with E-state index >= 15 is 0 Å². The van der Waals surface area contributed by atoms with Crippen molar-refractivity contribution in [1.82, 2.24) is 0 Å². The molecule has 2 nitrogen and oxygen atoms in total. The summed E-state index contributed by atoms with van der Waals surface area (Å²) >= 11 is 3.35. The molecule has 0 N–H and O–H groups in total. The minimum Gasteiger partial charge on any atom is -0.406 e. The van der Waals surface area contributed by atoms with E-state index in [0.29, 0.717) is 18.8 Å². The molecule has 100 valence electrons. The Morgan fingerprint density at radius 2 is 2.06 bits per heavy atom. The number of ether oxygens (including phenoxy) is 1. The molecule has 0 saturated carbocycles. The second-order valence-corrected chi connectivity index (χ2v) is 11.2. The number of fused-ring (bicyclic) bond motifs is 1. The highest BCUT2D eigenvalue weighted by Crippen LogP contribution is 2.38. The fourth-order valence-electron chi connectivity index (χ4n) is 2.41. The van der Waals surface area contributed by atoms with Gasteiger partial charge in [0.15, 0.2) is 8.32 Å². The Morgan fingerprint density at radius 3 is 2.67 bits per heavy atom. The molecule has 0 amide bonds. The molecule has 5 heteroatoms. The monoisotopic (exact) mass is 332 g/mol. The quantitative estimate of drug-likeness (QED) is 0.756. The van der Waals surface area contributed by atoms with E-state index in [0.717, 1.165) is 10.0 Å². The van der Waals surface area contributed by atoms with E-state index < -0.39 is 13.9 Å². The normalized spacial score (nSPS) is 23.9. The number of hydrogen-bond donors (Lipinski definition) is 0. The first-order valence-electron chi connectivity index (χ1n) is 5.98. The maximum absolute atomic E-state index is 14.0. The number of benzene rings is 1. The first-order chi connectivity index (χ1) is 8.21. The van der Waals surface area contributed by atoms with Gasteiger partial charge in [-0.2, -0.15) is 0 Å². The lowest BCUT2D eigenvalue weighted by molar-refractivity contribution is -0.0492. The van der Waals surface area contributed by atoms with Crippen LogP contribution in [0.5, 0.6) is 0 Å². The minimum absolute atomic E-state index is 0.232. The summed E-state index contributed by atoms with van der Waals surface area (Å²) in [6.07, 6.45) is 0. The van der Waals surface area contributed by atoms with Gasteiger partial charge < -0.3 is 9.16 Å². The number of hydrogen-bond acceptors (Lipinski definition) is 2. The topological polar surface area (TPSA) is 18.5 Å². The zero-order valence-electron chi connectivity index (χ0n) is 11.1. The van der Waals surface area contributed by atoms with E-state index in [-0.39, 0.29) is 5.82 Å². The molecular formula is C13H18BrFO2Si. The van der Waals surface area contributed by atoms with Crippen molar-refractivity contribution >= 4 is 24.2 Å². The Kier molecular flexibility index (Phi) is 3.71. The fraction of sp³-hybridized carbons (Fsp3) is 0.538. The Hall–Kier alpha value is -0.233. The van der Waals surface area contributed by atoms with E-state index in [4.69, 9.17) is 9.16 Å². The van der Waals surface area contributed by atoms with Gasteiger partial charge in [0.25, 0.3) is 0 Å². The molecule has 1 aliphatic rings. The van der Waals surface area contributed by atoms with Gasteiger partial charge in [0.05, 0.1) is 13.2 Å². The van der Waals surface area contributed by atoms with Crippen LogP contribution in [0.1, 0.15) is 18.1 Å². The van der Waals surface area contributed by atoms with Crippen molar-refractivity contribution in [1.29, 1.82) is 0 Å². The van der Waals surface area contributed by atoms with Crippen molar-refractivity contribution in [3.8, 4) is 0 Å². The average Bonchev–Trinajstić information content (AvgIpc) is 2.16. The summed E-state index contributed by atoms with van der Waals surface area (Å²) in [7, 11) is -1.74. The molecule has 1 unspecified atom stereocenters. The van der Waals surface area contributed by atoms with E-state index in [9.17, 15) is 4.39 Å². The average molecular weight is 333 g/mol. The predicted octanol–water partition coefficient (Wildman–Crippen LogP) is 4.19. The molecule has 1 aromatic rings. The smallest absolute Gasteiger partial charge is 0.185 e. The van der Waals surface area contributed by atoms with Crippen molar-refractivity contribution in [3.63, 3.8) is 0 Å². The largest absolute Gasteiger partial charge is 0.406 e. The molecule has 1 aliphatic heterocycles. The second kappa shape index (κ2) is 4.70. The van der Waals surface area contributed by atoms with Crippen LogP contribution in [-0.2, 0) is 21.4 Å². The predicted molar refractivity (Wildman–Crippen MR) is 75.5 cm³/mol. The van der Waals surface area contributed by atoms with Crippen LogP contribution in [0, 0.1) is 5.82 Å². The van der Waals surface area contributed by atoms with Crippen molar-refractivity contribution < 1.29 is 13.6 Å². The summed E-state index contributed by atoms with van der Waals surface area (Å²) in [5, 5.41) is 0. The van der Waals surface area contributed by atoms with Crippen LogP contribution >= 0.6 is 15.9 Å². The van der Waals surface area contributed by atoms with Crippen molar-refractivity contribution in [2.45, 2.75) is 38.8 Å². The molecule has 0 fully saturated rings. The van der Waals surface area contributed by atoms with Crippen molar-refractivity contribution in [3.05, 3.63) is 33.5 Å². The lowest BCUT2D eigenvalue weighted by Gasteiger charge is -2.40. The van der Waals surface area contributed by atoms with Gasteiger partial charge in [-0.15, -0.1) is 0 Å². The molecule has 0 bridgehead atoms. The summed E-state index contributed by atoms with van der Waals surface area (Å²) in [5.41, 5.74) is 0.969. The molecule has 18 heavy (non-hydrogen) atoms. The first-order valence-corrected chi connectivity index (χ1v) is 10.2. The molecule has 0 radical (unpaired) electrons. The van der Waals surface area contributed by atoms with Crippen LogP contribution < -0.4 is 0 Å². The van der Waals surface area contributed by atoms with Gasteiger partial charge in [-0.1, -0.05) is 15.9 Å². The molecule has 0 spiro atoms. The molecule has 2 rings (SSSR count). The summed E-state index contributed by atoms with van der Waals surface area (Å²) < 4.78 is 26.4. The second-order valence-electron chi connectivity index (χ2n) is 5.85. The van der Waals surface area contributed by atoms with Gasteiger partial charge >= 0.3 is 0 Å².